The topological polar surface area (TPSA) is 35.2 Å². The van der Waals surface area contributed by atoms with E-state index >= 15 is 0 Å². The van der Waals surface area contributed by atoms with Crippen molar-refractivity contribution in [2.45, 2.75) is 12.4 Å². The Morgan fingerprint density at radius 3 is 1.73 bits per heavy atom. The van der Waals surface area contributed by atoms with Crippen LogP contribution in [0.2, 0.25) is 0 Å². The van der Waals surface area contributed by atoms with Crippen molar-refractivity contribution in [2.24, 2.45) is 0 Å². The number of hydrogen-bond donors (Lipinski definition) is 1. The van der Waals surface area contributed by atoms with Gasteiger partial charge in [-0.05, 0) is 30.3 Å². The van der Waals surface area contributed by atoms with Crippen molar-refractivity contribution in [3.63, 3.8) is 0 Å². The zero-order chi connectivity index (χ0) is 16.5. The Morgan fingerprint density at radius 1 is 0.773 bits per heavy atom. The van der Waals surface area contributed by atoms with E-state index in [1.165, 1.54) is 18.2 Å². The molecule has 0 bridgehead atoms. The first-order chi connectivity index (χ1) is 10.1. The van der Waals surface area contributed by atoms with E-state index in [4.69, 9.17) is 10.5 Å². The third-order valence-corrected chi connectivity index (χ3v) is 2.71. The summed E-state index contributed by atoms with van der Waals surface area (Å²) in [6.07, 6.45) is -9.86. The maximum Gasteiger partial charge on any atom is 0.416 e. The molecule has 0 aliphatic heterocycles. The lowest BCUT2D eigenvalue weighted by molar-refractivity contribution is -0.143. The molecule has 0 fully saturated rings. The van der Waals surface area contributed by atoms with E-state index in [1.54, 1.807) is 6.07 Å². The van der Waals surface area contributed by atoms with Crippen LogP contribution in [-0.2, 0) is 12.4 Å². The third kappa shape index (κ3) is 3.63. The highest BCUT2D eigenvalue weighted by molar-refractivity contribution is 5.54. The van der Waals surface area contributed by atoms with E-state index in [0.29, 0.717) is 12.1 Å². The van der Waals surface area contributed by atoms with Crippen LogP contribution in [-0.4, -0.2) is 0 Å². The van der Waals surface area contributed by atoms with Crippen molar-refractivity contribution in [2.75, 3.05) is 5.73 Å². The van der Waals surface area contributed by atoms with Crippen LogP contribution in [0.1, 0.15) is 11.1 Å². The summed E-state index contributed by atoms with van der Waals surface area (Å²) < 4.78 is 81.3. The lowest BCUT2D eigenvalue weighted by Gasteiger charge is -2.15. The molecule has 22 heavy (non-hydrogen) atoms. The number of hydrogen-bond acceptors (Lipinski definition) is 2. The Hall–Kier alpha value is -2.38. The number of nitrogens with two attached hydrogens (primary N) is 1. The molecule has 0 aliphatic rings. The maximum atomic E-state index is 12.7. The van der Waals surface area contributed by atoms with Gasteiger partial charge in [0, 0.05) is 0 Å². The molecule has 0 amide bonds. The minimum Gasteiger partial charge on any atom is -0.455 e. The fourth-order valence-corrected chi connectivity index (χ4v) is 1.69. The molecule has 0 aromatic heterocycles. The Balaban J connectivity index is 2.49. The van der Waals surface area contributed by atoms with Crippen molar-refractivity contribution < 1.29 is 31.1 Å². The fraction of sp³-hybridized carbons (Fsp3) is 0.143. The van der Waals surface area contributed by atoms with Crippen LogP contribution < -0.4 is 10.5 Å². The van der Waals surface area contributed by atoms with Gasteiger partial charge in [0.2, 0.25) is 0 Å². The van der Waals surface area contributed by atoms with Crippen LogP contribution in [0.25, 0.3) is 0 Å². The van der Waals surface area contributed by atoms with Gasteiger partial charge in [-0.3, -0.25) is 0 Å². The van der Waals surface area contributed by atoms with Gasteiger partial charge in [0.15, 0.2) is 0 Å². The maximum absolute atomic E-state index is 12.7. The lowest BCUT2D eigenvalue weighted by Crippen LogP contribution is -2.11. The zero-order valence-corrected chi connectivity index (χ0v) is 10.8. The molecule has 0 unspecified atom stereocenters. The molecule has 2 N–H and O–H groups in total. The smallest absolute Gasteiger partial charge is 0.416 e. The molecule has 0 atom stereocenters. The van der Waals surface area contributed by atoms with Crippen LogP contribution >= 0.6 is 0 Å². The second-order valence-electron chi connectivity index (χ2n) is 4.38. The first-order valence-electron chi connectivity index (χ1n) is 5.89. The number of benzene rings is 2. The van der Waals surface area contributed by atoms with Crippen LogP contribution in [0, 0.1) is 0 Å². The van der Waals surface area contributed by atoms with Crippen molar-refractivity contribution in [1.29, 1.82) is 0 Å². The molecular weight excluding hydrogens is 312 g/mol. The van der Waals surface area contributed by atoms with Crippen LogP contribution in [0.5, 0.6) is 11.5 Å². The Labute approximate surface area is 121 Å². The summed E-state index contributed by atoms with van der Waals surface area (Å²) in [7, 11) is 0. The molecule has 0 aliphatic carbocycles. The van der Waals surface area contributed by atoms with E-state index < -0.39 is 29.2 Å². The molecule has 2 aromatic carbocycles. The average Bonchev–Trinajstić information content (AvgIpc) is 2.39. The number of halogens is 6. The average molecular weight is 321 g/mol. The van der Waals surface area contributed by atoms with Crippen molar-refractivity contribution >= 4 is 5.69 Å². The van der Waals surface area contributed by atoms with E-state index in [1.807, 2.05) is 0 Å². The predicted octanol–water partition coefficient (Wildman–Crippen LogP) is 5.10. The summed E-state index contributed by atoms with van der Waals surface area (Å²) in [4.78, 5) is 0. The summed E-state index contributed by atoms with van der Waals surface area (Å²) in [5.41, 5.74) is 2.73. The van der Waals surface area contributed by atoms with Gasteiger partial charge in [-0.15, -0.1) is 0 Å². The number of para-hydroxylation sites is 2. The first-order valence-corrected chi connectivity index (χ1v) is 5.89. The molecule has 0 spiro atoms. The summed E-state index contributed by atoms with van der Waals surface area (Å²) in [6, 6.07) is 6.79. The van der Waals surface area contributed by atoms with Gasteiger partial charge in [-0.2, -0.15) is 26.3 Å². The molecule has 2 aromatic rings. The first kappa shape index (κ1) is 16.0. The molecule has 118 valence electrons. The Morgan fingerprint density at radius 2 is 1.27 bits per heavy atom. The predicted molar refractivity (Wildman–Crippen MR) is 67.4 cm³/mol. The van der Waals surface area contributed by atoms with E-state index in [-0.39, 0.29) is 17.5 Å². The standard InChI is InChI=1S/C14H9F6NO/c15-13(16,17)8-5-9(14(18,19)20)7-10(6-8)22-12-4-2-1-3-11(12)21/h1-7H,21H2. The number of rotatable bonds is 2. The lowest BCUT2D eigenvalue weighted by atomic mass is 10.1. The monoisotopic (exact) mass is 321 g/mol. The number of alkyl halides is 6. The van der Waals surface area contributed by atoms with Crippen molar-refractivity contribution in [3.8, 4) is 11.5 Å². The fourth-order valence-electron chi connectivity index (χ4n) is 1.69. The largest absolute Gasteiger partial charge is 0.455 e. The van der Waals surface area contributed by atoms with Gasteiger partial charge in [0.25, 0.3) is 0 Å². The Kier molecular flexibility index (Phi) is 3.95. The molecule has 0 saturated carbocycles. The summed E-state index contributed by atoms with van der Waals surface area (Å²) in [5, 5.41) is 0. The molecule has 0 radical (unpaired) electrons. The SMILES string of the molecule is Nc1ccccc1Oc1cc(C(F)(F)F)cc(C(F)(F)F)c1. The van der Waals surface area contributed by atoms with Gasteiger partial charge in [0.05, 0.1) is 16.8 Å². The second kappa shape index (κ2) is 5.43. The van der Waals surface area contributed by atoms with Gasteiger partial charge >= 0.3 is 12.4 Å². The highest BCUT2D eigenvalue weighted by Crippen LogP contribution is 2.39. The quantitative estimate of drug-likeness (QED) is 0.617. The Bertz CT molecular complexity index is 646. The summed E-state index contributed by atoms with van der Waals surface area (Å²) in [5.74, 6) is -0.630. The van der Waals surface area contributed by atoms with Crippen molar-refractivity contribution in [1.82, 2.24) is 0 Å². The molecule has 2 nitrogen and oxygen atoms in total. The highest BCUT2D eigenvalue weighted by Gasteiger charge is 2.37. The number of anilines is 1. The highest BCUT2D eigenvalue weighted by atomic mass is 19.4. The zero-order valence-electron chi connectivity index (χ0n) is 10.8. The molecule has 2 rings (SSSR count). The number of nitrogen functional groups attached to an aromatic ring is 1. The summed E-state index contributed by atoms with van der Waals surface area (Å²) >= 11 is 0. The van der Waals surface area contributed by atoms with Crippen LogP contribution in [0.3, 0.4) is 0 Å². The van der Waals surface area contributed by atoms with Crippen molar-refractivity contribution in [3.05, 3.63) is 53.6 Å². The van der Waals surface area contributed by atoms with Gasteiger partial charge in [-0.1, -0.05) is 12.1 Å². The van der Waals surface area contributed by atoms with E-state index in [9.17, 15) is 26.3 Å². The van der Waals surface area contributed by atoms with Crippen LogP contribution in [0.15, 0.2) is 42.5 Å². The third-order valence-electron chi connectivity index (χ3n) is 2.71. The molecular formula is C14H9F6NO. The molecule has 0 heterocycles. The van der Waals surface area contributed by atoms with Gasteiger partial charge < -0.3 is 10.5 Å². The summed E-state index contributed by atoms with van der Waals surface area (Å²) in [6.45, 7) is 0. The minimum absolute atomic E-state index is 0.0290. The van der Waals surface area contributed by atoms with Gasteiger partial charge in [0.1, 0.15) is 11.5 Å². The molecule has 8 heteroatoms. The minimum atomic E-state index is -4.93. The normalized spacial score (nSPS) is 12.3. The van der Waals surface area contributed by atoms with E-state index in [2.05, 4.69) is 0 Å². The number of ether oxygens (including phenoxy) is 1. The van der Waals surface area contributed by atoms with E-state index in [0.717, 1.165) is 0 Å². The second-order valence-corrected chi connectivity index (χ2v) is 4.38. The molecule has 0 saturated heterocycles. The van der Waals surface area contributed by atoms with Gasteiger partial charge in [-0.25, -0.2) is 0 Å². The van der Waals surface area contributed by atoms with Crippen LogP contribution in [0.4, 0.5) is 32.0 Å².